The Kier molecular flexibility index (Phi) is 3.17. The van der Waals surface area contributed by atoms with Gasteiger partial charge in [0, 0.05) is 28.5 Å². The minimum Gasteiger partial charge on any atom is -0.298 e. The number of hydrogen-bond acceptors (Lipinski definition) is 3. The van der Waals surface area contributed by atoms with Gasteiger partial charge in [-0.1, -0.05) is 11.6 Å². The zero-order valence-electron chi connectivity index (χ0n) is 8.72. The van der Waals surface area contributed by atoms with Crippen LogP contribution in [0.4, 0.5) is 0 Å². The Bertz CT molecular complexity index is 617. The van der Waals surface area contributed by atoms with E-state index in [4.69, 9.17) is 16.9 Å². The predicted molar refractivity (Wildman–Crippen MR) is 64.8 cm³/mol. The zero-order valence-corrected chi connectivity index (χ0v) is 9.48. The van der Waals surface area contributed by atoms with Crippen molar-refractivity contribution in [1.82, 2.24) is 4.98 Å². The minimum absolute atomic E-state index is 0.444. The van der Waals surface area contributed by atoms with Gasteiger partial charge in [-0.15, -0.1) is 0 Å². The smallest absolute Gasteiger partial charge is 0.150 e. The Hall–Kier alpha value is -2.18. The standard InChI is InChI=1S/C13H7ClN2O/c14-12-2-1-10(8-17)13(4-12)11-3-9(5-15)6-16-7-11/h1-4,6-8H. The van der Waals surface area contributed by atoms with Gasteiger partial charge in [0.2, 0.25) is 0 Å². The average molecular weight is 243 g/mol. The molecule has 82 valence electrons. The predicted octanol–water partition coefficient (Wildman–Crippen LogP) is 3.09. The van der Waals surface area contributed by atoms with Crippen LogP contribution in [0.1, 0.15) is 15.9 Å². The Morgan fingerprint density at radius 1 is 1.29 bits per heavy atom. The summed E-state index contributed by atoms with van der Waals surface area (Å²) in [6, 6.07) is 8.65. The first-order chi connectivity index (χ1) is 8.24. The molecule has 0 aliphatic heterocycles. The second-order valence-corrected chi connectivity index (χ2v) is 3.86. The summed E-state index contributed by atoms with van der Waals surface area (Å²) >= 11 is 5.90. The maximum Gasteiger partial charge on any atom is 0.150 e. The van der Waals surface area contributed by atoms with Crippen molar-refractivity contribution in [1.29, 1.82) is 5.26 Å². The molecular formula is C13H7ClN2O. The Balaban J connectivity index is 2.63. The number of aldehydes is 1. The van der Waals surface area contributed by atoms with E-state index in [0.29, 0.717) is 27.3 Å². The molecule has 0 N–H and O–H groups in total. The number of pyridine rings is 1. The van der Waals surface area contributed by atoms with Crippen molar-refractivity contribution in [2.45, 2.75) is 0 Å². The van der Waals surface area contributed by atoms with Crippen LogP contribution in [-0.4, -0.2) is 11.3 Å². The summed E-state index contributed by atoms with van der Waals surface area (Å²) in [6.45, 7) is 0. The minimum atomic E-state index is 0.444. The molecule has 0 saturated heterocycles. The van der Waals surface area contributed by atoms with Crippen molar-refractivity contribution in [2.24, 2.45) is 0 Å². The summed E-state index contributed by atoms with van der Waals surface area (Å²) in [5.74, 6) is 0. The first-order valence-corrected chi connectivity index (χ1v) is 5.22. The van der Waals surface area contributed by atoms with Crippen molar-refractivity contribution in [3.05, 3.63) is 52.8 Å². The van der Waals surface area contributed by atoms with Crippen molar-refractivity contribution < 1.29 is 4.79 Å². The average Bonchev–Trinajstić information content (AvgIpc) is 2.39. The molecule has 17 heavy (non-hydrogen) atoms. The molecule has 1 heterocycles. The van der Waals surface area contributed by atoms with Gasteiger partial charge < -0.3 is 0 Å². The van der Waals surface area contributed by atoms with E-state index in [2.05, 4.69) is 4.98 Å². The van der Waals surface area contributed by atoms with E-state index in [1.165, 1.54) is 6.20 Å². The monoisotopic (exact) mass is 242 g/mol. The number of halogens is 1. The lowest BCUT2D eigenvalue weighted by Crippen LogP contribution is -1.89. The SMILES string of the molecule is N#Cc1cncc(-c2cc(Cl)ccc2C=O)c1. The molecule has 0 amide bonds. The van der Waals surface area contributed by atoms with Gasteiger partial charge in [-0.3, -0.25) is 9.78 Å². The topological polar surface area (TPSA) is 53.8 Å². The van der Waals surface area contributed by atoms with Gasteiger partial charge in [-0.25, -0.2) is 0 Å². The number of nitriles is 1. The lowest BCUT2D eigenvalue weighted by atomic mass is 10.0. The third-order valence-corrected chi connectivity index (χ3v) is 2.56. The molecule has 0 aliphatic rings. The summed E-state index contributed by atoms with van der Waals surface area (Å²) in [5.41, 5.74) is 2.34. The van der Waals surface area contributed by atoms with Gasteiger partial charge in [0.1, 0.15) is 6.07 Å². The fourth-order valence-corrected chi connectivity index (χ4v) is 1.70. The number of nitrogens with zero attached hydrogens (tertiary/aromatic N) is 2. The van der Waals surface area contributed by atoms with Gasteiger partial charge in [0.25, 0.3) is 0 Å². The molecule has 0 spiro atoms. The number of benzene rings is 1. The first kappa shape index (κ1) is 11.3. The Labute approximate surface area is 103 Å². The number of carbonyl (C=O) groups is 1. The van der Waals surface area contributed by atoms with Gasteiger partial charge in [0.05, 0.1) is 5.56 Å². The van der Waals surface area contributed by atoms with Crippen LogP contribution in [0.2, 0.25) is 5.02 Å². The zero-order chi connectivity index (χ0) is 12.3. The lowest BCUT2D eigenvalue weighted by molar-refractivity contribution is 0.112. The fraction of sp³-hybridized carbons (Fsp3) is 0. The van der Waals surface area contributed by atoms with Crippen LogP contribution in [0.15, 0.2) is 36.7 Å². The van der Waals surface area contributed by atoms with E-state index >= 15 is 0 Å². The third-order valence-electron chi connectivity index (χ3n) is 2.32. The van der Waals surface area contributed by atoms with Gasteiger partial charge >= 0.3 is 0 Å². The Morgan fingerprint density at radius 2 is 2.12 bits per heavy atom. The van der Waals surface area contributed by atoms with E-state index < -0.39 is 0 Å². The summed E-state index contributed by atoms with van der Waals surface area (Å²) in [4.78, 5) is 14.9. The third kappa shape index (κ3) is 2.32. The maximum atomic E-state index is 10.9. The van der Waals surface area contributed by atoms with Crippen LogP contribution in [0.25, 0.3) is 11.1 Å². The quantitative estimate of drug-likeness (QED) is 0.761. The molecule has 2 aromatic rings. The molecule has 0 fully saturated rings. The van der Waals surface area contributed by atoms with Crippen LogP contribution in [0, 0.1) is 11.3 Å². The second-order valence-electron chi connectivity index (χ2n) is 3.42. The van der Waals surface area contributed by atoms with Crippen molar-refractivity contribution in [3.8, 4) is 17.2 Å². The molecular weight excluding hydrogens is 236 g/mol. The molecule has 4 heteroatoms. The van der Waals surface area contributed by atoms with Crippen LogP contribution < -0.4 is 0 Å². The normalized spacial score (nSPS) is 9.65. The first-order valence-electron chi connectivity index (χ1n) is 4.85. The highest BCUT2D eigenvalue weighted by atomic mass is 35.5. The van der Waals surface area contributed by atoms with Crippen LogP contribution >= 0.6 is 11.6 Å². The van der Waals surface area contributed by atoms with Gasteiger partial charge in [-0.05, 0) is 29.8 Å². The molecule has 0 unspecified atom stereocenters. The van der Waals surface area contributed by atoms with Crippen LogP contribution in [0.3, 0.4) is 0 Å². The number of rotatable bonds is 2. The van der Waals surface area contributed by atoms with Crippen LogP contribution in [0.5, 0.6) is 0 Å². The highest BCUT2D eigenvalue weighted by Crippen LogP contribution is 2.26. The van der Waals surface area contributed by atoms with Gasteiger partial charge in [-0.2, -0.15) is 5.26 Å². The number of carbonyl (C=O) groups excluding carboxylic acids is 1. The highest BCUT2D eigenvalue weighted by molar-refractivity contribution is 6.31. The molecule has 0 bridgehead atoms. The van der Waals surface area contributed by atoms with E-state index in [1.54, 1.807) is 30.5 Å². The highest BCUT2D eigenvalue weighted by Gasteiger charge is 2.06. The van der Waals surface area contributed by atoms with Gasteiger partial charge in [0.15, 0.2) is 6.29 Å². The van der Waals surface area contributed by atoms with E-state index in [0.717, 1.165) is 6.29 Å². The number of hydrogen-bond donors (Lipinski definition) is 0. The second kappa shape index (κ2) is 4.77. The van der Waals surface area contributed by atoms with E-state index in [1.807, 2.05) is 6.07 Å². The number of aromatic nitrogens is 1. The Morgan fingerprint density at radius 3 is 2.82 bits per heavy atom. The molecule has 0 saturated carbocycles. The van der Waals surface area contributed by atoms with E-state index in [-0.39, 0.29) is 0 Å². The fourth-order valence-electron chi connectivity index (χ4n) is 1.53. The van der Waals surface area contributed by atoms with E-state index in [9.17, 15) is 4.79 Å². The molecule has 3 nitrogen and oxygen atoms in total. The molecule has 1 aromatic carbocycles. The maximum absolute atomic E-state index is 10.9. The molecule has 0 radical (unpaired) electrons. The molecule has 1 aromatic heterocycles. The van der Waals surface area contributed by atoms with Crippen molar-refractivity contribution in [3.63, 3.8) is 0 Å². The molecule has 0 aliphatic carbocycles. The molecule has 0 atom stereocenters. The van der Waals surface area contributed by atoms with Crippen LogP contribution in [-0.2, 0) is 0 Å². The lowest BCUT2D eigenvalue weighted by Gasteiger charge is -2.05. The largest absolute Gasteiger partial charge is 0.298 e. The summed E-state index contributed by atoms with van der Waals surface area (Å²) in [5, 5.41) is 9.34. The summed E-state index contributed by atoms with van der Waals surface area (Å²) < 4.78 is 0. The summed E-state index contributed by atoms with van der Waals surface area (Å²) in [6.07, 6.45) is 3.82. The molecule has 2 rings (SSSR count). The summed E-state index contributed by atoms with van der Waals surface area (Å²) in [7, 11) is 0. The van der Waals surface area contributed by atoms with Crippen molar-refractivity contribution in [2.75, 3.05) is 0 Å². The van der Waals surface area contributed by atoms with Crippen molar-refractivity contribution >= 4 is 17.9 Å².